The van der Waals surface area contributed by atoms with Crippen molar-refractivity contribution in [1.29, 1.82) is 0 Å². The van der Waals surface area contributed by atoms with Crippen LogP contribution in [0, 0.1) is 11.5 Å². The molecule has 94 valence electrons. The monoisotopic (exact) mass is 260 g/mol. The second kappa shape index (κ2) is 6.69. The van der Waals surface area contributed by atoms with Gasteiger partial charge in [-0.15, -0.1) is 17.1 Å². The molecule has 0 aliphatic heterocycles. The third-order valence-electron chi connectivity index (χ3n) is 3.47. The summed E-state index contributed by atoms with van der Waals surface area (Å²) in [5.74, 6) is 3.15. The predicted octanol–water partition coefficient (Wildman–Crippen LogP) is 3.81. The maximum atomic E-state index is 9.48. The van der Waals surface area contributed by atoms with Gasteiger partial charge in [-0.1, -0.05) is 47.5 Å². The Balaban J connectivity index is 5.26. The van der Waals surface area contributed by atoms with E-state index in [0.29, 0.717) is 16.6 Å². The lowest BCUT2D eigenvalue weighted by Crippen LogP contribution is -2.43. The molecule has 0 bridgehead atoms. The summed E-state index contributed by atoms with van der Waals surface area (Å²) in [5, 5.41) is 9.48. The number of hydrogen-bond acceptors (Lipinski definition) is 1. The van der Waals surface area contributed by atoms with Gasteiger partial charge in [0.2, 0.25) is 0 Å². The molecule has 0 heterocycles. The quantitative estimate of drug-likeness (QED) is 0.463. The molecule has 1 nitrogen and oxygen atoms in total. The minimum atomic E-state index is -1.69. The summed E-state index contributed by atoms with van der Waals surface area (Å²) >= 11 is 5.58. The van der Waals surface area contributed by atoms with E-state index >= 15 is 0 Å². The van der Waals surface area contributed by atoms with Gasteiger partial charge in [-0.2, -0.15) is 0 Å². The van der Waals surface area contributed by atoms with Gasteiger partial charge in [-0.3, -0.25) is 0 Å². The predicted molar refractivity (Wildman–Crippen MR) is 75.6 cm³/mol. The molecule has 0 rings (SSSR count). The second-order valence-electron chi connectivity index (χ2n) is 5.34. The van der Waals surface area contributed by atoms with Crippen molar-refractivity contribution in [1.82, 2.24) is 0 Å². The number of hydrogen-bond donors (Lipinski definition) is 1. The van der Waals surface area contributed by atoms with Crippen LogP contribution in [0.15, 0.2) is 0 Å². The molecule has 0 aliphatic carbocycles. The lowest BCUT2D eigenvalue weighted by atomic mass is 10.4. The van der Waals surface area contributed by atoms with Crippen molar-refractivity contribution in [3.05, 3.63) is 0 Å². The minimum absolute atomic E-state index is 0.200. The van der Waals surface area contributed by atoms with Crippen LogP contribution >= 0.6 is 11.6 Å². The van der Waals surface area contributed by atoms with E-state index in [1.54, 1.807) is 0 Å². The Morgan fingerprint density at radius 1 is 1.00 bits per heavy atom. The molecule has 1 N–H and O–H groups in total. The summed E-state index contributed by atoms with van der Waals surface area (Å²) in [5.41, 5.74) is 5.24. The average molecular weight is 261 g/mol. The topological polar surface area (TPSA) is 20.2 Å². The highest BCUT2D eigenvalue weighted by molar-refractivity contribution is 6.90. The van der Waals surface area contributed by atoms with Crippen molar-refractivity contribution in [3.63, 3.8) is 0 Å². The van der Waals surface area contributed by atoms with E-state index in [4.69, 9.17) is 11.6 Å². The molecule has 0 amide bonds. The van der Waals surface area contributed by atoms with Crippen LogP contribution in [-0.2, 0) is 0 Å². The number of aliphatic hydroxyl groups is 1. The highest BCUT2D eigenvalue weighted by Gasteiger charge is 2.41. The number of halogens is 1. The molecule has 0 saturated carbocycles. The zero-order valence-corrected chi connectivity index (χ0v) is 13.1. The van der Waals surface area contributed by atoms with Crippen LogP contribution in [0.1, 0.15) is 41.5 Å². The first-order chi connectivity index (χ1) is 7.28. The van der Waals surface area contributed by atoms with Crippen molar-refractivity contribution in [2.24, 2.45) is 0 Å². The van der Waals surface area contributed by atoms with Gasteiger partial charge >= 0.3 is 0 Å². The lowest BCUT2D eigenvalue weighted by Gasteiger charge is -2.38. The van der Waals surface area contributed by atoms with Crippen LogP contribution in [0.2, 0.25) is 16.6 Å². The van der Waals surface area contributed by atoms with Crippen LogP contribution in [0.5, 0.6) is 0 Å². The number of alkyl halides is 1. The van der Waals surface area contributed by atoms with Gasteiger partial charge in [0.15, 0.2) is 0 Å². The SMILES string of the molecule is CC(C)[Si](C#C[C@@H](O)CCl)(C(C)C)C(C)C. The summed E-state index contributed by atoms with van der Waals surface area (Å²) in [4.78, 5) is 0. The molecule has 0 spiro atoms. The van der Waals surface area contributed by atoms with Crippen molar-refractivity contribution >= 4 is 19.7 Å². The molecule has 0 radical (unpaired) electrons. The largest absolute Gasteiger partial charge is 0.379 e. The molecule has 0 unspecified atom stereocenters. The van der Waals surface area contributed by atoms with Crippen LogP contribution in [0.3, 0.4) is 0 Å². The smallest absolute Gasteiger partial charge is 0.146 e. The Kier molecular flexibility index (Phi) is 6.70. The lowest BCUT2D eigenvalue weighted by molar-refractivity contribution is 0.256. The van der Waals surface area contributed by atoms with E-state index in [9.17, 15) is 5.11 Å². The molecule has 16 heavy (non-hydrogen) atoms. The number of rotatable bonds is 4. The average Bonchev–Trinajstić information content (AvgIpc) is 2.16. The van der Waals surface area contributed by atoms with Crippen molar-refractivity contribution in [3.8, 4) is 11.5 Å². The summed E-state index contributed by atoms with van der Waals surface area (Å²) in [6.07, 6.45) is -0.676. The summed E-state index contributed by atoms with van der Waals surface area (Å²) in [7, 11) is -1.69. The van der Waals surface area contributed by atoms with Gasteiger partial charge in [0.05, 0.1) is 5.88 Å². The first kappa shape index (κ1) is 16.0. The van der Waals surface area contributed by atoms with Crippen molar-refractivity contribution < 1.29 is 5.11 Å². The Hall–Kier alpha value is 0.0269. The van der Waals surface area contributed by atoms with Gasteiger partial charge in [0.1, 0.15) is 14.2 Å². The fourth-order valence-corrected chi connectivity index (χ4v) is 8.04. The fourth-order valence-electron chi connectivity index (χ4n) is 2.68. The van der Waals surface area contributed by atoms with E-state index in [0.717, 1.165) is 0 Å². The van der Waals surface area contributed by atoms with Crippen LogP contribution < -0.4 is 0 Å². The van der Waals surface area contributed by atoms with E-state index in [1.165, 1.54) is 0 Å². The standard InChI is InChI=1S/C13H25ClOSi/c1-10(2)16(11(3)4,12(5)6)8-7-13(15)9-14/h10-13,15H,9H2,1-6H3/t13-/m1/s1. The molecular formula is C13H25ClOSi. The Bertz CT molecular complexity index is 241. The summed E-state index contributed by atoms with van der Waals surface area (Å²) in [6.45, 7) is 13.5. The molecule has 0 fully saturated rings. The van der Waals surface area contributed by atoms with Crippen LogP contribution in [0.4, 0.5) is 0 Å². The van der Waals surface area contributed by atoms with Crippen LogP contribution in [0.25, 0.3) is 0 Å². The Labute approximate surface area is 107 Å². The third kappa shape index (κ3) is 3.51. The first-order valence-electron chi connectivity index (χ1n) is 6.05. The van der Waals surface area contributed by atoms with Gasteiger partial charge in [-0.05, 0) is 16.6 Å². The zero-order valence-electron chi connectivity index (χ0n) is 11.3. The molecule has 0 aromatic heterocycles. The van der Waals surface area contributed by atoms with Gasteiger partial charge in [-0.25, -0.2) is 0 Å². The fraction of sp³-hybridized carbons (Fsp3) is 0.846. The molecule has 0 saturated heterocycles. The molecule has 0 aliphatic rings. The number of aliphatic hydroxyl groups excluding tert-OH is 1. The molecule has 0 aromatic carbocycles. The highest BCUT2D eigenvalue weighted by Crippen LogP contribution is 2.40. The van der Waals surface area contributed by atoms with E-state index in [-0.39, 0.29) is 5.88 Å². The Morgan fingerprint density at radius 2 is 1.38 bits per heavy atom. The van der Waals surface area contributed by atoms with Gasteiger partial charge < -0.3 is 5.11 Å². The molecule has 1 atom stereocenters. The van der Waals surface area contributed by atoms with Crippen molar-refractivity contribution in [2.45, 2.75) is 64.3 Å². The second-order valence-corrected chi connectivity index (χ2v) is 11.2. The molecule has 3 heteroatoms. The summed E-state index contributed by atoms with van der Waals surface area (Å²) < 4.78 is 0. The maximum Gasteiger partial charge on any atom is 0.146 e. The normalized spacial score (nSPS) is 14.2. The minimum Gasteiger partial charge on any atom is -0.379 e. The van der Waals surface area contributed by atoms with Gasteiger partial charge in [0, 0.05) is 0 Å². The maximum absolute atomic E-state index is 9.48. The third-order valence-corrected chi connectivity index (χ3v) is 10.1. The molecular weight excluding hydrogens is 236 g/mol. The van der Waals surface area contributed by atoms with Crippen LogP contribution in [-0.4, -0.2) is 25.2 Å². The summed E-state index contributed by atoms with van der Waals surface area (Å²) in [6, 6.07) is 0. The zero-order chi connectivity index (χ0) is 12.9. The Morgan fingerprint density at radius 3 is 1.62 bits per heavy atom. The van der Waals surface area contributed by atoms with Crippen molar-refractivity contribution in [2.75, 3.05) is 5.88 Å². The van der Waals surface area contributed by atoms with E-state index in [2.05, 4.69) is 53.0 Å². The molecule has 0 aromatic rings. The van der Waals surface area contributed by atoms with Gasteiger partial charge in [0.25, 0.3) is 0 Å². The first-order valence-corrected chi connectivity index (χ1v) is 8.82. The van der Waals surface area contributed by atoms with E-state index < -0.39 is 14.2 Å². The highest BCUT2D eigenvalue weighted by atomic mass is 35.5. The van der Waals surface area contributed by atoms with E-state index in [1.807, 2.05) is 0 Å².